The molecular formula is C22H25Cl2N3O6S. The zero-order chi connectivity index (χ0) is 25.0. The van der Waals surface area contributed by atoms with Crippen LogP contribution >= 0.6 is 23.2 Å². The lowest BCUT2D eigenvalue weighted by molar-refractivity contribution is -0.139. The number of nitrogens with one attached hydrogen (secondary N) is 1. The largest absolute Gasteiger partial charge is 0.454 e. The summed E-state index contributed by atoms with van der Waals surface area (Å²) in [6, 6.07) is 8.51. The summed E-state index contributed by atoms with van der Waals surface area (Å²) in [5.74, 6) is -0.116. The number of fused-ring (bicyclic) bond motifs is 1. The highest BCUT2D eigenvalue weighted by atomic mass is 35.5. The van der Waals surface area contributed by atoms with Gasteiger partial charge in [-0.3, -0.25) is 13.9 Å². The number of sulfonamides is 1. The van der Waals surface area contributed by atoms with Crippen molar-refractivity contribution in [1.82, 2.24) is 10.2 Å². The first kappa shape index (κ1) is 25.9. The van der Waals surface area contributed by atoms with Crippen LogP contribution in [0.3, 0.4) is 0 Å². The van der Waals surface area contributed by atoms with Crippen LogP contribution in [0.25, 0.3) is 0 Å². The average molecular weight is 530 g/mol. The third-order valence-electron chi connectivity index (χ3n) is 5.20. The van der Waals surface area contributed by atoms with Gasteiger partial charge in [0.2, 0.25) is 28.6 Å². The standard InChI is InChI=1S/C22H25Cl2N3O6S/c1-4-25-22(29)14(2)26(11-15-5-6-16(23)9-18(15)24)21(28)12-27(34(3,30)31)17-7-8-19-20(10-17)33-13-32-19/h5-10,14H,4,11-13H2,1-3H3,(H,25,29). The average Bonchev–Trinajstić information content (AvgIpc) is 3.23. The van der Waals surface area contributed by atoms with Crippen LogP contribution in [-0.4, -0.2) is 57.3 Å². The molecule has 0 spiro atoms. The molecule has 0 aliphatic carbocycles. The van der Waals surface area contributed by atoms with E-state index in [9.17, 15) is 18.0 Å². The molecule has 1 atom stereocenters. The number of anilines is 1. The Morgan fingerprint density at radius 3 is 2.47 bits per heavy atom. The van der Waals surface area contributed by atoms with E-state index in [1.807, 2.05) is 0 Å². The Hall–Kier alpha value is -2.69. The Bertz CT molecular complexity index is 1190. The van der Waals surface area contributed by atoms with Crippen molar-refractivity contribution in [1.29, 1.82) is 0 Å². The summed E-state index contributed by atoms with van der Waals surface area (Å²) in [5.41, 5.74) is 0.791. The van der Waals surface area contributed by atoms with Crippen molar-refractivity contribution in [3.8, 4) is 11.5 Å². The van der Waals surface area contributed by atoms with Crippen molar-refractivity contribution in [3.63, 3.8) is 0 Å². The molecule has 0 bridgehead atoms. The van der Waals surface area contributed by atoms with Crippen LogP contribution in [0.2, 0.25) is 10.0 Å². The molecule has 12 heteroatoms. The summed E-state index contributed by atoms with van der Waals surface area (Å²) in [7, 11) is -3.86. The first-order valence-electron chi connectivity index (χ1n) is 10.4. The van der Waals surface area contributed by atoms with E-state index < -0.39 is 28.5 Å². The number of nitrogens with zero attached hydrogens (tertiary/aromatic N) is 2. The molecular weight excluding hydrogens is 505 g/mol. The number of rotatable bonds is 9. The maximum absolute atomic E-state index is 13.5. The monoisotopic (exact) mass is 529 g/mol. The summed E-state index contributed by atoms with van der Waals surface area (Å²) < 4.78 is 36.8. The highest BCUT2D eigenvalue weighted by Crippen LogP contribution is 2.36. The number of halogens is 2. The van der Waals surface area contributed by atoms with Gasteiger partial charge in [0.05, 0.1) is 11.9 Å². The molecule has 0 saturated carbocycles. The lowest BCUT2D eigenvalue weighted by Crippen LogP contribution is -2.51. The minimum absolute atomic E-state index is 0.0219. The Morgan fingerprint density at radius 1 is 1.12 bits per heavy atom. The van der Waals surface area contributed by atoms with Gasteiger partial charge in [0, 0.05) is 29.2 Å². The summed E-state index contributed by atoms with van der Waals surface area (Å²) in [6.07, 6.45) is 0.998. The molecule has 1 aliphatic heterocycles. The van der Waals surface area contributed by atoms with E-state index >= 15 is 0 Å². The number of carbonyl (C=O) groups excluding carboxylic acids is 2. The lowest BCUT2D eigenvalue weighted by atomic mass is 10.1. The van der Waals surface area contributed by atoms with E-state index in [4.69, 9.17) is 32.7 Å². The van der Waals surface area contributed by atoms with Crippen LogP contribution in [0.5, 0.6) is 11.5 Å². The molecule has 34 heavy (non-hydrogen) atoms. The highest BCUT2D eigenvalue weighted by molar-refractivity contribution is 7.92. The Kier molecular flexibility index (Phi) is 8.17. The molecule has 0 fully saturated rings. The fourth-order valence-corrected chi connectivity index (χ4v) is 4.70. The second-order valence-corrected chi connectivity index (χ2v) is 10.4. The Balaban J connectivity index is 1.93. The smallest absolute Gasteiger partial charge is 0.244 e. The lowest BCUT2D eigenvalue weighted by Gasteiger charge is -2.31. The molecule has 1 aliphatic rings. The molecule has 3 rings (SSSR count). The van der Waals surface area contributed by atoms with Gasteiger partial charge < -0.3 is 19.7 Å². The molecule has 0 radical (unpaired) electrons. The number of ether oxygens (including phenoxy) is 2. The third-order valence-corrected chi connectivity index (χ3v) is 6.92. The van der Waals surface area contributed by atoms with Gasteiger partial charge in [-0.15, -0.1) is 0 Å². The minimum Gasteiger partial charge on any atom is -0.454 e. The molecule has 2 amide bonds. The molecule has 184 valence electrons. The topological polar surface area (TPSA) is 105 Å². The predicted octanol–water partition coefficient (Wildman–Crippen LogP) is 3.04. The van der Waals surface area contributed by atoms with Crippen molar-refractivity contribution in [3.05, 3.63) is 52.0 Å². The van der Waals surface area contributed by atoms with Crippen molar-refractivity contribution >= 4 is 50.7 Å². The van der Waals surface area contributed by atoms with E-state index in [0.717, 1.165) is 10.6 Å². The number of carbonyl (C=O) groups is 2. The maximum Gasteiger partial charge on any atom is 0.244 e. The first-order valence-corrected chi connectivity index (χ1v) is 13.0. The third kappa shape index (κ3) is 6.05. The fraction of sp³-hybridized carbons (Fsp3) is 0.364. The molecule has 0 aromatic heterocycles. The fourth-order valence-electron chi connectivity index (χ4n) is 3.39. The summed E-state index contributed by atoms with van der Waals surface area (Å²) in [6.45, 7) is 3.17. The summed E-state index contributed by atoms with van der Waals surface area (Å²) in [4.78, 5) is 27.3. The minimum atomic E-state index is -3.86. The normalized spacial score (nSPS) is 13.3. The maximum atomic E-state index is 13.5. The molecule has 1 unspecified atom stereocenters. The van der Waals surface area contributed by atoms with Crippen LogP contribution in [0, 0.1) is 0 Å². The van der Waals surface area contributed by atoms with Gasteiger partial charge in [-0.1, -0.05) is 29.3 Å². The van der Waals surface area contributed by atoms with E-state index in [1.165, 1.54) is 23.1 Å². The number of hydrogen-bond acceptors (Lipinski definition) is 6. The van der Waals surface area contributed by atoms with Gasteiger partial charge in [-0.25, -0.2) is 8.42 Å². The quantitative estimate of drug-likeness (QED) is 0.535. The van der Waals surface area contributed by atoms with Gasteiger partial charge in [0.1, 0.15) is 12.6 Å². The van der Waals surface area contributed by atoms with Crippen molar-refractivity contribution in [2.75, 3.05) is 30.4 Å². The summed E-state index contributed by atoms with van der Waals surface area (Å²) >= 11 is 12.3. The number of likely N-dealkylation sites (N-methyl/N-ethyl adjacent to an activating group) is 1. The molecule has 0 saturated heterocycles. The number of benzene rings is 2. The zero-order valence-corrected chi connectivity index (χ0v) is 21.2. The van der Waals surface area contributed by atoms with Crippen molar-refractivity contribution < 1.29 is 27.5 Å². The molecule has 1 heterocycles. The van der Waals surface area contributed by atoms with Gasteiger partial charge in [0.25, 0.3) is 0 Å². The second-order valence-electron chi connectivity index (χ2n) is 7.64. The predicted molar refractivity (Wildman–Crippen MR) is 130 cm³/mol. The Morgan fingerprint density at radius 2 is 1.82 bits per heavy atom. The highest BCUT2D eigenvalue weighted by Gasteiger charge is 2.31. The number of amides is 2. The van der Waals surface area contributed by atoms with Gasteiger partial charge in [-0.05, 0) is 43.7 Å². The van der Waals surface area contributed by atoms with E-state index in [0.29, 0.717) is 33.7 Å². The van der Waals surface area contributed by atoms with Gasteiger partial charge >= 0.3 is 0 Å². The van der Waals surface area contributed by atoms with Crippen molar-refractivity contribution in [2.45, 2.75) is 26.4 Å². The van der Waals surface area contributed by atoms with Crippen LogP contribution in [0.1, 0.15) is 19.4 Å². The Labute approximate surface area is 208 Å². The SMILES string of the molecule is CCNC(=O)C(C)N(Cc1ccc(Cl)cc1Cl)C(=O)CN(c1ccc2c(c1)OCO2)S(C)(=O)=O. The molecule has 2 aromatic carbocycles. The molecule has 1 N–H and O–H groups in total. The van der Waals surface area contributed by atoms with Crippen LogP contribution < -0.4 is 19.1 Å². The van der Waals surface area contributed by atoms with Gasteiger partial charge in [-0.2, -0.15) is 0 Å². The van der Waals surface area contributed by atoms with Gasteiger partial charge in [0.15, 0.2) is 11.5 Å². The summed E-state index contributed by atoms with van der Waals surface area (Å²) in [5, 5.41) is 3.43. The van der Waals surface area contributed by atoms with Crippen molar-refractivity contribution in [2.24, 2.45) is 0 Å². The molecule has 2 aromatic rings. The number of hydrogen-bond donors (Lipinski definition) is 1. The van der Waals surface area contributed by atoms with E-state index in [-0.39, 0.29) is 24.9 Å². The van der Waals surface area contributed by atoms with E-state index in [2.05, 4.69) is 5.32 Å². The first-order chi connectivity index (χ1) is 16.0. The van der Waals surface area contributed by atoms with Crippen LogP contribution in [-0.2, 0) is 26.2 Å². The second kappa shape index (κ2) is 10.7. The zero-order valence-electron chi connectivity index (χ0n) is 18.9. The van der Waals surface area contributed by atoms with E-state index in [1.54, 1.807) is 32.0 Å². The van der Waals surface area contributed by atoms with Crippen LogP contribution in [0.15, 0.2) is 36.4 Å². The van der Waals surface area contributed by atoms with Crippen LogP contribution in [0.4, 0.5) is 5.69 Å². The molecule has 9 nitrogen and oxygen atoms in total.